The molecule has 2 unspecified atom stereocenters. The second-order valence-corrected chi connectivity index (χ2v) is 4.34. The van der Waals surface area contributed by atoms with Crippen LogP contribution in [0.5, 0.6) is 0 Å². The van der Waals surface area contributed by atoms with Gasteiger partial charge >= 0.3 is 0 Å². The van der Waals surface area contributed by atoms with Crippen LogP contribution < -0.4 is 11.3 Å². The lowest BCUT2D eigenvalue weighted by atomic mass is 9.89. The number of hydrogen-bond acceptors (Lipinski definition) is 2. The van der Waals surface area contributed by atoms with E-state index in [0.29, 0.717) is 6.04 Å². The first-order valence-corrected chi connectivity index (χ1v) is 5.79. The molecule has 78 valence electrons. The van der Waals surface area contributed by atoms with Crippen molar-refractivity contribution in [1.82, 2.24) is 5.43 Å². The van der Waals surface area contributed by atoms with Gasteiger partial charge in [-0.15, -0.1) is 0 Å². The number of nitrogens with two attached hydrogens (primary N) is 1. The summed E-state index contributed by atoms with van der Waals surface area (Å²) in [6, 6.07) is 0.594. The van der Waals surface area contributed by atoms with E-state index in [1.807, 2.05) is 0 Å². The normalized spacial score (nSPS) is 21.5. The predicted octanol–water partition coefficient (Wildman–Crippen LogP) is 2.44. The Morgan fingerprint density at radius 3 is 2.46 bits per heavy atom. The second-order valence-electron chi connectivity index (χ2n) is 4.34. The molecule has 1 saturated carbocycles. The maximum Gasteiger partial charge on any atom is 0.0266 e. The smallest absolute Gasteiger partial charge is 0.0266 e. The summed E-state index contributed by atoms with van der Waals surface area (Å²) in [7, 11) is 0. The fourth-order valence-corrected chi connectivity index (χ4v) is 2.22. The molecule has 0 saturated heterocycles. The highest BCUT2D eigenvalue weighted by Gasteiger charge is 2.34. The molecule has 1 aliphatic rings. The minimum absolute atomic E-state index is 0.594. The Bertz CT molecular complexity index is 132. The molecule has 0 bridgehead atoms. The van der Waals surface area contributed by atoms with E-state index in [2.05, 4.69) is 19.3 Å². The number of rotatable bonds is 7. The maximum absolute atomic E-state index is 5.61. The Balaban J connectivity index is 2.32. The molecule has 0 heterocycles. The highest BCUT2D eigenvalue weighted by atomic mass is 15.2. The van der Waals surface area contributed by atoms with Crippen molar-refractivity contribution in [2.24, 2.45) is 17.7 Å². The highest BCUT2D eigenvalue weighted by molar-refractivity contribution is 4.89. The standard InChI is InChI=1S/C11H24N2/c1-3-5-6-9(4-2)11(13-12)10-7-8-10/h9-11,13H,3-8,12H2,1-2H3. The van der Waals surface area contributed by atoms with Gasteiger partial charge in [0, 0.05) is 6.04 Å². The average molecular weight is 184 g/mol. The summed E-state index contributed by atoms with van der Waals surface area (Å²) in [5, 5.41) is 0. The van der Waals surface area contributed by atoms with Gasteiger partial charge in [0.05, 0.1) is 0 Å². The molecule has 0 aromatic carbocycles. The van der Waals surface area contributed by atoms with E-state index >= 15 is 0 Å². The first-order chi connectivity index (χ1) is 6.33. The lowest BCUT2D eigenvalue weighted by Crippen LogP contribution is -2.42. The molecule has 1 aliphatic carbocycles. The summed E-state index contributed by atoms with van der Waals surface area (Å²) in [4.78, 5) is 0. The largest absolute Gasteiger partial charge is 0.271 e. The molecule has 0 aromatic heterocycles. The van der Waals surface area contributed by atoms with Gasteiger partial charge in [-0.2, -0.15) is 0 Å². The van der Waals surface area contributed by atoms with Crippen molar-refractivity contribution in [3.05, 3.63) is 0 Å². The molecule has 2 atom stereocenters. The fourth-order valence-electron chi connectivity index (χ4n) is 2.22. The molecule has 3 N–H and O–H groups in total. The molecule has 13 heavy (non-hydrogen) atoms. The van der Waals surface area contributed by atoms with Crippen molar-refractivity contribution < 1.29 is 0 Å². The van der Waals surface area contributed by atoms with Gasteiger partial charge in [-0.05, 0) is 31.1 Å². The highest BCUT2D eigenvalue weighted by Crippen LogP contribution is 2.37. The van der Waals surface area contributed by atoms with E-state index in [9.17, 15) is 0 Å². The van der Waals surface area contributed by atoms with Gasteiger partial charge < -0.3 is 0 Å². The van der Waals surface area contributed by atoms with Crippen LogP contribution in [-0.4, -0.2) is 6.04 Å². The van der Waals surface area contributed by atoms with Gasteiger partial charge in [-0.1, -0.05) is 33.1 Å². The van der Waals surface area contributed by atoms with Crippen LogP contribution in [0, 0.1) is 11.8 Å². The Labute approximate surface area is 82.2 Å². The van der Waals surface area contributed by atoms with Crippen molar-refractivity contribution >= 4 is 0 Å². The predicted molar refractivity (Wildman–Crippen MR) is 57.1 cm³/mol. The van der Waals surface area contributed by atoms with E-state index in [1.165, 1.54) is 38.5 Å². The van der Waals surface area contributed by atoms with Crippen molar-refractivity contribution in [3.8, 4) is 0 Å². The lowest BCUT2D eigenvalue weighted by Gasteiger charge is -2.25. The molecule has 0 radical (unpaired) electrons. The fraction of sp³-hybridized carbons (Fsp3) is 1.00. The minimum atomic E-state index is 0.594. The van der Waals surface area contributed by atoms with Crippen LogP contribution >= 0.6 is 0 Å². The topological polar surface area (TPSA) is 38.0 Å². The van der Waals surface area contributed by atoms with Crippen molar-refractivity contribution in [2.75, 3.05) is 0 Å². The Morgan fingerprint density at radius 1 is 1.38 bits per heavy atom. The zero-order chi connectivity index (χ0) is 9.68. The van der Waals surface area contributed by atoms with Gasteiger partial charge in [-0.3, -0.25) is 11.3 Å². The molecule has 0 aromatic rings. The van der Waals surface area contributed by atoms with Gasteiger partial charge in [-0.25, -0.2) is 0 Å². The van der Waals surface area contributed by atoms with Crippen LogP contribution in [0.15, 0.2) is 0 Å². The van der Waals surface area contributed by atoms with E-state index in [-0.39, 0.29) is 0 Å². The van der Waals surface area contributed by atoms with E-state index < -0.39 is 0 Å². The van der Waals surface area contributed by atoms with E-state index in [0.717, 1.165) is 11.8 Å². The van der Waals surface area contributed by atoms with Crippen LogP contribution in [0.2, 0.25) is 0 Å². The Hall–Kier alpha value is -0.0800. The SMILES string of the molecule is CCCCC(CC)C(NN)C1CC1. The molecule has 1 fully saturated rings. The second kappa shape index (κ2) is 5.61. The summed E-state index contributed by atoms with van der Waals surface area (Å²) in [6.07, 6.45) is 8.04. The number of hydrogen-bond donors (Lipinski definition) is 2. The quantitative estimate of drug-likeness (QED) is 0.471. The Morgan fingerprint density at radius 2 is 2.08 bits per heavy atom. The lowest BCUT2D eigenvalue weighted by molar-refractivity contribution is 0.293. The van der Waals surface area contributed by atoms with Crippen LogP contribution in [-0.2, 0) is 0 Å². The average Bonchev–Trinajstić information content (AvgIpc) is 2.95. The van der Waals surface area contributed by atoms with E-state index in [4.69, 9.17) is 5.84 Å². The van der Waals surface area contributed by atoms with Crippen molar-refractivity contribution in [3.63, 3.8) is 0 Å². The third-order valence-corrected chi connectivity index (χ3v) is 3.28. The molecule has 2 nitrogen and oxygen atoms in total. The third-order valence-electron chi connectivity index (χ3n) is 3.28. The molecular weight excluding hydrogens is 160 g/mol. The van der Waals surface area contributed by atoms with Gasteiger partial charge in [0.1, 0.15) is 0 Å². The minimum Gasteiger partial charge on any atom is -0.271 e. The molecular formula is C11H24N2. The zero-order valence-electron chi connectivity index (χ0n) is 9.05. The first-order valence-electron chi connectivity index (χ1n) is 5.79. The molecule has 2 heteroatoms. The van der Waals surface area contributed by atoms with Crippen LogP contribution in [0.3, 0.4) is 0 Å². The number of nitrogens with one attached hydrogen (secondary N) is 1. The Kier molecular flexibility index (Phi) is 4.74. The van der Waals surface area contributed by atoms with Crippen LogP contribution in [0.25, 0.3) is 0 Å². The van der Waals surface area contributed by atoms with Gasteiger partial charge in [0.2, 0.25) is 0 Å². The van der Waals surface area contributed by atoms with Gasteiger partial charge in [0.15, 0.2) is 0 Å². The van der Waals surface area contributed by atoms with Crippen LogP contribution in [0.1, 0.15) is 52.4 Å². The molecule has 0 aliphatic heterocycles. The molecule has 1 rings (SSSR count). The summed E-state index contributed by atoms with van der Waals surface area (Å²) in [5.74, 6) is 7.30. The first kappa shape index (κ1) is 11.0. The van der Waals surface area contributed by atoms with E-state index in [1.54, 1.807) is 0 Å². The monoisotopic (exact) mass is 184 g/mol. The van der Waals surface area contributed by atoms with Crippen molar-refractivity contribution in [1.29, 1.82) is 0 Å². The van der Waals surface area contributed by atoms with Crippen molar-refractivity contribution in [2.45, 2.75) is 58.4 Å². The summed E-state index contributed by atoms with van der Waals surface area (Å²) in [5.41, 5.74) is 3.02. The summed E-state index contributed by atoms with van der Waals surface area (Å²) >= 11 is 0. The molecule has 0 amide bonds. The van der Waals surface area contributed by atoms with Gasteiger partial charge in [0.25, 0.3) is 0 Å². The molecule has 0 spiro atoms. The maximum atomic E-state index is 5.61. The number of unbranched alkanes of at least 4 members (excludes halogenated alkanes) is 1. The number of hydrazine groups is 1. The zero-order valence-corrected chi connectivity index (χ0v) is 9.05. The third kappa shape index (κ3) is 3.28. The van der Waals surface area contributed by atoms with Crippen LogP contribution in [0.4, 0.5) is 0 Å². The summed E-state index contributed by atoms with van der Waals surface area (Å²) < 4.78 is 0. The summed E-state index contributed by atoms with van der Waals surface area (Å²) in [6.45, 7) is 4.54.